The first-order valence-corrected chi connectivity index (χ1v) is 7.13. The lowest BCUT2D eigenvalue weighted by atomic mass is 9.60. The molecule has 2 nitrogen and oxygen atoms in total. The number of benzene rings is 1. The summed E-state index contributed by atoms with van der Waals surface area (Å²) in [6.07, 6.45) is 2.99. The number of hydrogen-bond donors (Lipinski definition) is 0. The third kappa shape index (κ3) is 2.23. The highest BCUT2D eigenvalue weighted by molar-refractivity contribution is 5.40. The Morgan fingerprint density at radius 1 is 1.15 bits per heavy atom. The summed E-state index contributed by atoms with van der Waals surface area (Å²) in [6.45, 7) is 6.37. The third-order valence-corrected chi connectivity index (χ3v) is 4.46. The normalized spacial score (nSPS) is 24.6. The van der Waals surface area contributed by atoms with Gasteiger partial charge in [0.15, 0.2) is 5.41 Å². The average molecular weight is 264 g/mol. The molecule has 1 aliphatic carbocycles. The zero-order valence-electron chi connectivity index (χ0n) is 12.3. The van der Waals surface area contributed by atoms with Crippen LogP contribution in [0.4, 0.5) is 0 Å². The Bertz CT molecular complexity index is 570. The second-order valence-corrected chi connectivity index (χ2v) is 5.98. The van der Waals surface area contributed by atoms with Gasteiger partial charge in [-0.05, 0) is 23.8 Å². The lowest BCUT2D eigenvalue weighted by Gasteiger charge is -2.38. The lowest BCUT2D eigenvalue weighted by Crippen LogP contribution is -2.36. The molecule has 20 heavy (non-hydrogen) atoms. The summed E-state index contributed by atoms with van der Waals surface area (Å²) in [5, 5.41) is 19.3. The molecule has 0 N–H and O–H groups in total. The van der Waals surface area contributed by atoms with Crippen LogP contribution < -0.4 is 0 Å². The Labute approximate surface area is 121 Å². The smallest absolute Gasteiger partial charge is 0.156 e. The van der Waals surface area contributed by atoms with Gasteiger partial charge in [-0.3, -0.25) is 0 Å². The Morgan fingerprint density at radius 3 is 2.25 bits per heavy atom. The summed E-state index contributed by atoms with van der Waals surface area (Å²) in [5.74, 6) is 0.365. The molecule has 2 atom stereocenters. The number of nitrogens with zero attached hydrogens (tertiary/aromatic N) is 2. The fourth-order valence-corrected chi connectivity index (χ4v) is 3.07. The Kier molecular flexibility index (Phi) is 3.96. The molecule has 1 aliphatic rings. The molecule has 0 bridgehead atoms. The molecule has 102 valence electrons. The highest BCUT2D eigenvalue weighted by Crippen LogP contribution is 2.49. The van der Waals surface area contributed by atoms with E-state index in [1.54, 1.807) is 0 Å². The summed E-state index contributed by atoms with van der Waals surface area (Å²) in [5.41, 5.74) is 1.45. The van der Waals surface area contributed by atoms with Crippen LogP contribution in [0.1, 0.15) is 38.7 Å². The Hall–Kier alpha value is -2.06. The van der Waals surface area contributed by atoms with E-state index in [1.807, 2.05) is 37.3 Å². The molecule has 2 heteroatoms. The van der Waals surface area contributed by atoms with Gasteiger partial charge in [0.1, 0.15) is 0 Å². The molecule has 2 rings (SSSR count). The van der Waals surface area contributed by atoms with Gasteiger partial charge in [-0.1, -0.05) is 62.8 Å². The SMILES string of the molecule is CC(C)C1=C[C@@H](c2ccccc2)C(C#N)(C#N)[C@@H](C)C1. The van der Waals surface area contributed by atoms with Gasteiger partial charge < -0.3 is 0 Å². The van der Waals surface area contributed by atoms with Crippen molar-refractivity contribution in [1.29, 1.82) is 10.5 Å². The molecule has 0 saturated heterocycles. The molecule has 0 radical (unpaired) electrons. The minimum absolute atomic E-state index is 0.0464. The standard InChI is InChI=1S/C18H20N2/c1-13(2)16-9-14(3)18(11-19,12-20)17(10-16)15-7-5-4-6-8-15/h4-8,10,13-14,17H,9H2,1-3H3/t14-,17-/m0/s1. The molecule has 0 aliphatic heterocycles. The quantitative estimate of drug-likeness (QED) is 0.742. The van der Waals surface area contributed by atoms with Gasteiger partial charge >= 0.3 is 0 Å². The first kappa shape index (κ1) is 14.4. The van der Waals surface area contributed by atoms with Crippen LogP contribution in [0.5, 0.6) is 0 Å². The van der Waals surface area contributed by atoms with E-state index in [0.717, 1.165) is 12.0 Å². The summed E-state index contributed by atoms with van der Waals surface area (Å²) in [6, 6.07) is 14.6. The van der Waals surface area contributed by atoms with Gasteiger partial charge in [0.05, 0.1) is 12.1 Å². The third-order valence-electron chi connectivity index (χ3n) is 4.46. The van der Waals surface area contributed by atoms with E-state index in [2.05, 4.69) is 32.1 Å². The Morgan fingerprint density at radius 2 is 1.75 bits per heavy atom. The number of hydrogen-bond acceptors (Lipinski definition) is 2. The van der Waals surface area contributed by atoms with Crippen LogP contribution in [0.3, 0.4) is 0 Å². The van der Waals surface area contributed by atoms with Crippen LogP contribution in [0.15, 0.2) is 42.0 Å². The summed E-state index contributed by atoms with van der Waals surface area (Å²) >= 11 is 0. The van der Waals surface area contributed by atoms with Crippen molar-refractivity contribution in [1.82, 2.24) is 0 Å². The highest BCUT2D eigenvalue weighted by Gasteiger charge is 2.47. The van der Waals surface area contributed by atoms with Gasteiger partial charge in [0.2, 0.25) is 0 Å². The second kappa shape index (κ2) is 5.51. The van der Waals surface area contributed by atoms with Gasteiger partial charge in [0.25, 0.3) is 0 Å². The second-order valence-electron chi connectivity index (χ2n) is 5.98. The van der Waals surface area contributed by atoms with Crippen LogP contribution in [-0.2, 0) is 0 Å². The molecular weight excluding hydrogens is 244 g/mol. The van der Waals surface area contributed by atoms with E-state index in [4.69, 9.17) is 0 Å². The van der Waals surface area contributed by atoms with Crippen LogP contribution in [0, 0.1) is 39.9 Å². The average Bonchev–Trinajstić information content (AvgIpc) is 2.47. The van der Waals surface area contributed by atoms with E-state index in [9.17, 15) is 10.5 Å². The predicted octanol–water partition coefficient (Wildman–Crippen LogP) is 4.43. The summed E-state index contributed by atoms with van der Waals surface area (Å²) < 4.78 is 0. The van der Waals surface area contributed by atoms with E-state index < -0.39 is 5.41 Å². The van der Waals surface area contributed by atoms with Crippen LogP contribution in [0.2, 0.25) is 0 Å². The molecule has 1 aromatic rings. The lowest BCUT2D eigenvalue weighted by molar-refractivity contribution is 0.282. The number of allylic oxidation sites excluding steroid dienone is 2. The molecule has 1 aromatic carbocycles. The van der Waals surface area contributed by atoms with Gasteiger partial charge in [0, 0.05) is 5.92 Å². The molecule has 0 heterocycles. The molecule has 0 fully saturated rings. The fraction of sp³-hybridized carbons (Fsp3) is 0.444. The minimum Gasteiger partial charge on any atom is -0.197 e. The van der Waals surface area contributed by atoms with E-state index >= 15 is 0 Å². The zero-order chi connectivity index (χ0) is 14.8. The largest absolute Gasteiger partial charge is 0.197 e. The molecule has 0 amide bonds. The molecule has 0 spiro atoms. The van der Waals surface area contributed by atoms with Crippen LogP contribution in [0.25, 0.3) is 0 Å². The maximum Gasteiger partial charge on any atom is 0.156 e. The van der Waals surface area contributed by atoms with Gasteiger partial charge in [-0.2, -0.15) is 10.5 Å². The van der Waals surface area contributed by atoms with Gasteiger partial charge in [-0.25, -0.2) is 0 Å². The first-order valence-electron chi connectivity index (χ1n) is 7.13. The number of rotatable bonds is 2. The highest BCUT2D eigenvalue weighted by atomic mass is 14.5. The van der Waals surface area contributed by atoms with Crippen LogP contribution in [-0.4, -0.2) is 0 Å². The molecular formula is C18H20N2. The maximum atomic E-state index is 9.67. The van der Waals surface area contributed by atoms with E-state index in [-0.39, 0.29) is 11.8 Å². The zero-order valence-corrected chi connectivity index (χ0v) is 12.3. The predicted molar refractivity (Wildman–Crippen MR) is 79.5 cm³/mol. The minimum atomic E-state index is -0.959. The maximum absolute atomic E-state index is 9.67. The van der Waals surface area contributed by atoms with Gasteiger partial charge in [-0.15, -0.1) is 0 Å². The molecule has 0 saturated carbocycles. The van der Waals surface area contributed by atoms with Crippen LogP contribution >= 0.6 is 0 Å². The molecule has 0 aromatic heterocycles. The fourth-order valence-electron chi connectivity index (χ4n) is 3.07. The van der Waals surface area contributed by atoms with Crippen molar-refractivity contribution in [3.05, 3.63) is 47.5 Å². The topological polar surface area (TPSA) is 47.6 Å². The molecule has 0 unspecified atom stereocenters. The van der Waals surface area contributed by atoms with Crippen molar-refractivity contribution in [2.45, 2.75) is 33.1 Å². The van der Waals surface area contributed by atoms with E-state index in [0.29, 0.717) is 5.92 Å². The van der Waals surface area contributed by atoms with Crippen molar-refractivity contribution in [2.75, 3.05) is 0 Å². The van der Waals surface area contributed by atoms with Crippen molar-refractivity contribution >= 4 is 0 Å². The summed E-state index contributed by atoms with van der Waals surface area (Å²) in [4.78, 5) is 0. The van der Waals surface area contributed by atoms with Crippen molar-refractivity contribution < 1.29 is 0 Å². The Balaban J connectivity index is 2.60. The summed E-state index contributed by atoms with van der Waals surface area (Å²) in [7, 11) is 0. The first-order chi connectivity index (χ1) is 9.55. The van der Waals surface area contributed by atoms with Crippen molar-refractivity contribution in [3.63, 3.8) is 0 Å². The van der Waals surface area contributed by atoms with E-state index in [1.165, 1.54) is 5.57 Å². The van der Waals surface area contributed by atoms with Crippen molar-refractivity contribution in [2.24, 2.45) is 17.3 Å². The van der Waals surface area contributed by atoms with Crippen molar-refractivity contribution in [3.8, 4) is 12.1 Å². The monoisotopic (exact) mass is 264 g/mol. The number of nitriles is 2.